The van der Waals surface area contributed by atoms with Gasteiger partial charge in [0.15, 0.2) is 0 Å². The van der Waals surface area contributed by atoms with E-state index >= 15 is 0 Å². The van der Waals surface area contributed by atoms with Crippen molar-refractivity contribution in [1.29, 1.82) is 0 Å². The summed E-state index contributed by atoms with van der Waals surface area (Å²) in [7, 11) is 0. The molecule has 2 nitrogen and oxygen atoms in total. The van der Waals surface area contributed by atoms with E-state index < -0.39 is 0 Å². The number of benzene rings is 1. The Labute approximate surface area is 71.1 Å². The van der Waals surface area contributed by atoms with E-state index in [9.17, 15) is 4.39 Å². The Morgan fingerprint density at radius 1 is 1.50 bits per heavy atom. The van der Waals surface area contributed by atoms with Crippen LogP contribution in [-0.4, -0.2) is 6.61 Å². The van der Waals surface area contributed by atoms with Crippen molar-refractivity contribution in [3.63, 3.8) is 0 Å². The lowest BCUT2D eigenvalue weighted by atomic mass is 10.0. The van der Waals surface area contributed by atoms with Crippen LogP contribution in [0.1, 0.15) is 18.4 Å². The van der Waals surface area contributed by atoms with Gasteiger partial charge in [0.2, 0.25) is 0 Å². The van der Waals surface area contributed by atoms with Gasteiger partial charge in [-0.2, -0.15) is 0 Å². The summed E-state index contributed by atoms with van der Waals surface area (Å²) in [6, 6.07) is 6.63. The summed E-state index contributed by atoms with van der Waals surface area (Å²) < 4.78 is 13.1. The highest BCUT2D eigenvalue weighted by Gasteiger charge is 2.09. The molecule has 0 heterocycles. The zero-order valence-electron chi connectivity index (χ0n) is 6.96. The number of hydrogen-bond acceptors (Lipinski definition) is 2. The van der Waals surface area contributed by atoms with E-state index in [4.69, 9.17) is 5.90 Å². The highest BCUT2D eigenvalue weighted by atomic mass is 19.1. The standard InChI is InChI=1S/C9H12FNO/c1-7(6-12-11)8-4-2-3-5-9(8)10/h2-5,7H,6,11H2,1H3. The Kier molecular flexibility index (Phi) is 3.19. The van der Waals surface area contributed by atoms with Crippen LogP contribution in [-0.2, 0) is 4.84 Å². The molecule has 0 aromatic heterocycles. The summed E-state index contributed by atoms with van der Waals surface area (Å²) in [4.78, 5) is 4.45. The highest BCUT2D eigenvalue weighted by Crippen LogP contribution is 2.17. The van der Waals surface area contributed by atoms with Gasteiger partial charge < -0.3 is 4.84 Å². The number of hydrogen-bond donors (Lipinski definition) is 1. The molecule has 0 bridgehead atoms. The third kappa shape index (κ3) is 2.03. The quantitative estimate of drug-likeness (QED) is 0.700. The fourth-order valence-corrected chi connectivity index (χ4v) is 1.11. The van der Waals surface area contributed by atoms with Crippen LogP contribution in [0.3, 0.4) is 0 Å². The van der Waals surface area contributed by atoms with Crippen molar-refractivity contribution in [1.82, 2.24) is 0 Å². The zero-order chi connectivity index (χ0) is 8.97. The van der Waals surface area contributed by atoms with Gasteiger partial charge in [0, 0.05) is 5.92 Å². The zero-order valence-corrected chi connectivity index (χ0v) is 6.96. The molecule has 0 saturated carbocycles. The van der Waals surface area contributed by atoms with Gasteiger partial charge >= 0.3 is 0 Å². The van der Waals surface area contributed by atoms with Gasteiger partial charge in [-0.15, -0.1) is 0 Å². The number of halogens is 1. The fourth-order valence-electron chi connectivity index (χ4n) is 1.11. The smallest absolute Gasteiger partial charge is 0.126 e. The maximum absolute atomic E-state index is 13.1. The molecule has 1 rings (SSSR count). The van der Waals surface area contributed by atoms with Crippen LogP contribution < -0.4 is 5.90 Å². The van der Waals surface area contributed by atoms with Crippen LogP contribution in [0, 0.1) is 5.82 Å². The van der Waals surface area contributed by atoms with Gasteiger partial charge in [0.05, 0.1) is 6.61 Å². The van der Waals surface area contributed by atoms with Crippen molar-refractivity contribution in [2.45, 2.75) is 12.8 Å². The normalized spacial score (nSPS) is 12.9. The fraction of sp³-hybridized carbons (Fsp3) is 0.333. The number of nitrogens with two attached hydrogens (primary N) is 1. The largest absolute Gasteiger partial charge is 0.304 e. The first-order valence-corrected chi connectivity index (χ1v) is 3.81. The van der Waals surface area contributed by atoms with Crippen molar-refractivity contribution < 1.29 is 9.23 Å². The third-order valence-corrected chi connectivity index (χ3v) is 1.78. The summed E-state index contributed by atoms with van der Waals surface area (Å²) >= 11 is 0. The Morgan fingerprint density at radius 2 is 2.17 bits per heavy atom. The predicted molar refractivity (Wildman–Crippen MR) is 45.0 cm³/mol. The van der Waals surface area contributed by atoms with E-state index in [1.54, 1.807) is 18.2 Å². The van der Waals surface area contributed by atoms with Crippen molar-refractivity contribution in [3.8, 4) is 0 Å². The molecule has 0 fully saturated rings. The molecule has 0 spiro atoms. The first-order valence-electron chi connectivity index (χ1n) is 3.81. The molecule has 66 valence electrons. The van der Waals surface area contributed by atoms with Gasteiger partial charge in [0.1, 0.15) is 5.82 Å². The van der Waals surface area contributed by atoms with Crippen LogP contribution in [0.2, 0.25) is 0 Å². The average molecular weight is 169 g/mol. The van der Waals surface area contributed by atoms with Gasteiger partial charge in [-0.25, -0.2) is 10.3 Å². The molecule has 12 heavy (non-hydrogen) atoms. The van der Waals surface area contributed by atoms with Gasteiger partial charge in [-0.05, 0) is 11.6 Å². The average Bonchev–Trinajstić information content (AvgIpc) is 2.05. The van der Waals surface area contributed by atoms with E-state index in [0.717, 1.165) is 0 Å². The molecule has 1 unspecified atom stereocenters. The minimum Gasteiger partial charge on any atom is -0.304 e. The van der Waals surface area contributed by atoms with E-state index in [0.29, 0.717) is 12.2 Å². The minimum atomic E-state index is -0.206. The Balaban J connectivity index is 2.79. The lowest BCUT2D eigenvalue weighted by molar-refractivity contribution is 0.126. The summed E-state index contributed by atoms with van der Waals surface area (Å²) in [6.45, 7) is 2.20. The van der Waals surface area contributed by atoms with Crippen LogP contribution in [0.5, 0.6) is 0 Å². The summed E-state index contributed by atoms with van der Waals surface area (Å²) in [5, 5.41) is 0. The molecule has 0 aliphatic carbocycles. The molecule has 0 aliphatic heterocycles. The topological polar surface area (TPSA) is 35.2 Å². The second-order valence-corrected chi connectivity index (χ2v) is 2.76. The molecule has 3 heteroatoms. The molecule has 0 radical (unpaired) electrons. The first-order chi connectivity index (χ1) is 5.75. The Bertz CT molecular complexity index is 252. The summed E-state index contributed by atoms with van der Waals surface area (Å²) in [5.74, 6) is 4.68. The first kappa shape index (κ1) is 9.16. The predicted octanol–water partition coefficient (Wildman–Crippen LogP) is 1.82. The molecule has 0 aliphatic rings. The maximum atomic E-state index is 13.1. The van der Waals surface area contributed by atoms with Crippen molar-refractivity contribution in [2.24, 2.45) is 5.90 Å². The van der Waals surface area contributed by atoms with Gasteiger partial charge in [-0.1, -0.05) is 25.1 Å². The molecular formula is C9H12FNO. The lowest BCUT2D eigenvalue weighted by Crippen LogP contribution is -2.09. The van der Waals surface area contributed by atoms with Crippen LogP contribution in [0.4, 0.5) is 4.39 Å². The van der Waals surface area contributed by atoms with E-state index in [1.807, 2.05) is 6.92 Å². The summed E-state index contributed by atoms with van der Waals surface area (Å²) in [5.41, 5.74) is 0.642. The molecular weight excluding hydrogens is 157 g/mol. The third-order valence-electron chi connectivity index (χ3n) is 1.78. The molecule has 1 aromatic carbocycles. The summed E-state index contributed by atoms with van der Waals surface area (Å²) in [6.07, 6.45) is 0. The Morgan fingerprint density at radius 3 is 2.75 bits per heavy atom. The SMILES string of the molecule is CC(CON)c1ccccc1F. The maximum Gasteiger partial charge on any atom is 0.126 e. The van der Waals surface area contributed by atoms with Crippen LogP contribution >= 0.6 is 0 Å². The van der Waals surface area contributed by atoms with Crippen molar-refractivity contribution >= 4 is 0 Å². The number of rotatable bonds is 3. The van der Waals surface area contributed by atoms with E-state index in [1.165, 1.54) is 6.07 Å². The van der Waals surface area contributed by atoms with E-state index in [2.05, 4.69) is 4.84 Å². The Hall–Kier alpha value is -0.930. The lowest BCUT2D eigenvalue weighted by Gasteiger charge is -2.10. The monoisotopic (exact) mass is 169 g/mol. The molecule has 0 saturated heterocycles. The van der Waals surface area contributed by atoms with Crippen molar-refractivity contribution in [2.75, 3.05) is 6.61 Å². The highest BCUT2D eigenvalue weighted by molar-refractivity contribution is 5.20. The van der Waals surface area contributed by atoms with E-state index in [-0.39, 0.29) is 11.7 Å². The van der Waals surface area contributed by atoms with Crippen molar-refractivity contribution in [3.05, 3.63) is 35.6 Å². The van der Waals surface area contributed by atoms with Gasteiger partial charge in [0.25, 0.3) is 0 Å². The minimum absolute atomic E-state index is 0.00352. The van der Waals surface area contributed by atoms with Crippen LogP contribution in [0.25, 0.3) is 0 Å². The van der Waals surface area contributed by atoms with Gasteiger partial charge in [-0.3, -0.25) is 0 Å². The molecule has 0 amide bonds. The molecule has 1 atom stereocenters. The van der Waals surface area contributed by atoms with Crippen LogP contribution in [0.15, 0.2) is 24.3 Å². The molecule has 1 aromatic rings. The second-order valence-electron chi connectivity index (χ2n) is 2.76. The second kappa shape index (κ2) is 4.18. The molecule has 2 N–H and O–H groups in total.